The van der Waals surface area contributed by atoms with Crippen LogP contribution in [0, 0.1) is 17.7 Å². The lowest BCUT2D eigenvalue weighted by atomic mass is 9.84. The molecule has 1 heterocycles. The van der Waals surface area contributed by atoms with E-state index in [0.29, 0.717) is 17.7 Å². The van der Waals surface area contributed by atoms with Crippen LogP contribution in [0.1, 0.15) is 37.3 Å². The molecule has 2 aromatic rings. The Kier molecular flexibility index (Phi) is 2.59. The van der Waals surface area contributed by atoms with Gasteiger partial charge in [-0.25, -0.2) is 4.39 Å². The Hall–Kier alpha value is -1.84. The number of halogens is 1. The van der Waals surface area contributed by atoms with Crippen LogP contribution >= 0.6 is 0 Å². The molecule has 0 saturated heterocycles. The lowest BCUT2D eigenvalue weighted by molar-refractivity contribution is 0.375. The number of fused-ring (bicyclic) bond motifs is 2. The molecule has 2 aliphatic carbocycles. The lowest BCUT2D eigenvalue weighted by Gasteiger charge is -2.20. The van der Waals surface area contributed by atoms with Crippen molar-refractivity contribution in [2.75, 3.05) is 5.73 Å². The fourth-order valence-electron chi connectivity index (χ4n) is 4.08. The third kappa shape index (κ3) is 1.74. The molecule has 2 aliphatic rings. The zero-order valence-electron chi connectivity index (χ0n) is 11.2. The van der Waals surface area contributed by atoms with E-state index in [1.54, 1.807) is 6.07 Å². The number of hydrogen-bond acceptors (Lipinski definition) is 3. The monoisotopic (exact) mass is 272 g/mol. The minimum absolute atomic E-state index is 0.262. The van der Waals surface area contributed by atoms with Gasteiger partial charge in [0.1, 0.15) is 5.82 Å². The SMILES string of the molecule is Nc1onc(C2CC3CCC2C3)c1-c1cccc(F)c1. The van der Waals surface area contributed by atoms with E-state index in [-0.39, 0.29) is 5.82 Å². The second-order valence-corrected chi connectivity index (χ2v) is 6.10. The van der Waals surface area contributed by atoms with Gasteiger partial charge in [-0.05, 0) is 48.8 Å². The van der Waals surface area contributed by atoms with Crippen molar-refractivity contribution in [3.05, 3.63) is 35.8 Å². The highest BCUT2D eigenvalue weighted by Gasteiger charge is 2.43. The van der Waals surface area contributed by atoms with Gasteiger partial charge in [0.05, 0.1) is 11.3 Å². The summed E-state index contributed by atoms with van der Waals surface area (Å²) in [4.78, 5) is 0. The van der Waals surface area contributed by atoms with Crippen molar-refractivity contribution in [3.63, 3.8) is 0 Å². The number of aromatic nitrogens is 1. The Bertz CT molecular complexity index is 652. The number of hydrogen-bond donors (Lipinski definition) is 1. The minimum atomic E-state index is -0.262. The fraction of sp³-hybridized carbons (Fsp3) is 0.438. The molecular formula is C16H17FN2O. The molecule has 3 unspecified atom stereocenters. The molecule has 3 nitrogen and oxygen atoms in total. The molecule has 0 spiro atoms. The summed E-state index contributed by atoms with van der Waals surface area (Å²) < 4.78 is 18.7. The van der Waals surface area contributed by atoms with E-state index in [1.807, 2.05) is 6.07 Å². The van der Waals surface area contributed by atoms with E-state index >= 15 is 0 Å². The first-order valence-electron chi connectivity index (χ1n) is 7.23. The number of nitrogen functional groups attached to an aromatic ring is 1. The highest BCUT2D eigenvalue weighted by atomic mass is 19.1. The first-order chi connectivity index (χ1) is 9.72. The Morgan fingerprint density at radius 3 is 2.85 bits per heavy atom. The van der Waals surface area contributed by atoms with Crippen LogP contribution in [-0.4, -0.2) is 5.16 Å². The minimum Gasteiger partial charge on any atom is -0.367 e. The van der Waals surface area contributed by atoms with Crippen molar-refractivity contribution in [2.45, 2.75) is 31.6 Å². The van der Waals surface area contributed by atoms with Crippen LogP contribution in [0.2, 0.25) is 0 Å². The maximum atomic E-state index is 13.5. The van der Waals surface area contributed by atoms with Crippen LogP contribution in [0.25, 0.3) is 11.1 Å². The Morgan fingerprint density at radius 1 is 1.25 bits per heavy atom. The molecule has 0 radical (unpaired) electrons. The number of benzene rings is 1. The summed E-state index contributed by atoms with van der Waals surface area (Å²) >= 11 is 0. The zero-order valence-corrected chi connectivity index (χ0v) is 11.2. The quantitative estimate of drug-likeness (QED) is 0.900. The molecule has 0 amide bonds. The van der Waals surface area contributed by atoms with Gasteiger partial charge in [-0.15, -0.1) is 0 Å². The highest BCUT2D eigenvalue weighted by Crippen LogP contribution is 2.54. The molecule has 1 aromatic heterocycles. The molecular weight excluding hydrogens is 255 g/mol. The average Bonchev–Trinajstić information content (AvgIpc) is 3.12. The summed E-state index contributed by atoms with van der Waals surface area (Å²) in [5.74, 6) is 1.98. The first kappa shape index (κ1) is 11.9. The molecule has 4 heteroatoms. The Balaban J connectivity index is 1.78. The van der Waals surface area contributed by atoms with Crippen LogP contribution in [0.15, 0.2) is 28.8 Å². The van der Waals surface area contributed by atoms with Crippen LogP contribution in [0.5, 0.6) is 0 Å². The van der Waals surface area contributed by atoms with Gasteiger partial charge < -0.3 is 10.3 Å². The molecule has 20 heavy (non-hydrogen) atoms. The first-order valence-corrected chi connectivity index (χ1v) is 7.23. The van der Waals surface area contributed by atoms with Gasteiger partial charge in [0.15, 0.2) is 0 Å². The molecule has 2 N–H and O–H groups in total. The second-order valence-electron chi connectivity index (χ2n) is 6.10. The van der Waals surface area contributed by atoms with Crippen molar-refractivity contribution in [2.24, 2.45) is 11.8 Å². The number of nitrogens with zero attached hydrogens (tertiary/aromatic N) is 1. The molecule has 104 valence electrons. The summed E-state index contributed by atoms with van der Waals surface area (Å²) in [7, 11) is 0. The highest BCUT2D eigenvalue weighted by molar-refractivity contribution is 5.75. The standard InChI is InChI=1S/C16H17FN2O/c17-12-3-1-2-11(8-12)14-15(19-20-16(14)18)13-7-9-4-5-10(13)6-9/h1-3,8-10,13H,4-7,18H2. The predicted molar refractivity (Wildman–Crippen MR) is 74.5 cm³/mol. The maximum absolute atomic E-state index is 13.5. The van der Waals surface area contributed by atoms with E-state index in [0.717, 1.165) is 22.7 Å². The van der Waals surface area contributed by atoms with Gasteiger partial charge in [0, 0.05) is 5.92 Å². The number of nitrogens with two attached hydrogens (primary N) is 1. The average molecular weight is 272 g/mol. The van der Waals surface area contributed by atoms with Crippen LogP contribution in [-0.2, 0) is 0 Å². The molecule has 2 fully saturated rings. The molecule has 2 saturated carbocycles. The van der Waals surface area contributed by atoms with Gasteiger partial charge >= 0.3 is 0 Å². The molecule has 0 aliphatic heterocycles. The van der Waals surface area contributed by atoms with Crippen molar-refractivity contribution in [1.29, 1.82) is 0 Å². The number of anilines is 1. The summed E-state index contributed by atoms with van der Waals surface area (Å²) in [5, 5.41) is 4.20. The van der Waals surface area contributed by atoms with E-state index < -0.39 is 0 Å². The molecule has 1 aromatic carbocycles. The fourth-order valence-corrected chi connectivity index (χ4v) is 4.08. The van der Waals surface area contributed by atoms with Crippen LogP contribution < -0.4 is 5.73 Å². The van der Waals surface area contributed by atoms with Gasteiger partial charge in [-0.1, -0.05) is 23.7 Å². The maximum Gasteiger partial charge on any atom is 0.230 e. The van der Waals surface area contributed by atoms with Crippen LogP contribution in [0.4, 0.5) is 10.3 Å². The topological polar surface area (TPSA) is 52.0 Å². The lowest BCUT2D eigenvalue weighted by Crippen LogP contribution is -2.10. The van der Waals surface area contributed by atoms with Crippen LogP contribution in [0.3, 0.4) is 0 Å². The summed E-state index contributed by atoms with van der Waals surface area (Å²) in [6.07, 6.45) is 5.06. The summed E-state index contributed by atoms with van der Waals surface area (Å²) in [6.45, 7) is 0. The molecule has 4 rings (SSSR count). The normalized spacial score (nSPS) is 28.1. The smallest absolute Gasteiger partial charge is 0.230 e. The van der Waals surface area contributed by atoms with Crippen molar-refractivity contribution >= 4 is 5.88 Å². The Labute approximate surface area is 117 Å². The van der Waals surface area contributed by atoms with Crippen molar-refractivity contribution in [3.8, 4) is 11.1 Å². The van der Waals surface area contributed by atoms with Gasteiger partial charge in [0.2, 0.25) is 5.88 Å². The van der Waals surface area contributed by atoms with E-state index in [1.165, 1.54) is 37.8 Å². The summed E-state index contributed by atoms with van der Waals surface area (Å²) in [6, 6.07) is 6.49. The van der Waals surface area contributed by atoms with E-state index in [2.05, 4.69) is 5.16 Å². The third-order valence-corrected chi connectivity index (χ3v) is 4.95. The van der Waals surface area contributed by atoms with Crippen molar-refractivity contribution < 1.29 is 8.91 Å². The van der Waals surface area contributed by atoms with E-state index in [4.69, 9.17) is 10.3 Å². The van der Waals surface area contributed by atoms with Gasteiger partial charge in [-0.2, -0.15) is 0 Å². The predicted octanol–water partition coefficient (Wildman–Crippen LogP) is 3.97. The van der Waals surface area contributed by atoms with Crippen molar-refractivity contribution in [1.82, 2.24) is 5.16 Å². The zero-order chi connectivity index (χ0) is 13.7. The second kappa shape index (κ2) is 4.33. The van der Waals surface area contributed by atoms with Gasteiger partial charge in [-0.3, -0.25) is 0 Å². The molecule has 3 atom stereocenters. The van der Waals surface area contributed by atoms with Gasteiger partial charge in [0.25, 0.3) is 0 Å². The molecule has 2 bridgehead atoms. The Morgan fingerprint density at radius 2 is 2.15 bits per heavy atom. The summed E-state index contributed by atoms with van der Waals surface area (Å²) in [5.41, 5.74) is 8.43. The number of rotatable bonds is 2. The van der Waals surface area contributed by atoms with E-state index in [9.17, 15) is 4.39 Å². The third-order valence-electron chi connectivity index (χ3n) is 4.95. The largest absolute Gasteiger partial charge is 0.367 e.